The van der Waals surface area contributed by atoms with Crippen LogP contribution in [0.15, 0.2) is 24.3 Å². The van der Waals surface area contributed by atoms with Crippen molar-refractivity contribution in [2.45, 2.75) is 32.4 Å². The van der Waals surface area contributed by atoms with Crippen molar-refractivity contribution in [1.29, 1.82) is 0 Å². The lowest BCUT2D eigenvalue weighted by Crippen LogP contribution is -2.32. The predicted octanol–water partition coefficient (Wildman–Crippen LogP) is 4.01. The second kappa shape index (κ2) is 9.87. The van der Waals surface area contributed by atoms with Crippen LogP contribution in [0.3, 0.4) is 0 Å². The van der Waals surface area contributed by atoms with Crippen LogP contribution in [0.5, 0.6) is 5.75 Å². The number of alkyl halides is 3. The van der Waals surface area contributed by atoms with Crippen LogP contribution in [0, 0.1) is 11.8 Å². The summed E-state index contributed by atoms with van der Waals surface area (Å²) in [5.74, 6) is 0.898. The van der Waals surface area contributed by atoms with Crippen molar-refractivity contribution in [3.8, 4) is 5.75 Å². The molecule has 1 aromatic carbocycles. The lowest BCUT2D eigenvalue weighted by atomic mass is 9.84. The molecule has 1 heterocycles. The van der Waals surface area contributed by atoms with E-state index in [0.29, 0.717) is 23.9 Å². The third kappa shape index (κ3) is 7.96. The Morgan fingerprint density at radius 1 is 1.28 bits per heavy atom. The molecule has 1 aromatic rings. The molecule has 0 bridgehead atoms. The summed E-state index contributed by atoms with van der Waals surface area (Å²) in [5.41, 5.74) is 0.553. The molecule has 1 aliphatic rings. The molecular formula is C17H24ClF3N2O2. The zero-order valence-corrected chi connectivity index (χ0v) is 14.9. The lowest BCUT2D eigenvalue weighted by molar-refractivity contribution is -0.153. The van der Waals surface area contributed by atoms with Crippen molar-refractivity contribution in [3.63, 3.8) is 0 Å². The van der Waals surface area contributed by atoms with Gasteiger partial charge in [0.1, 0.15) is 5.75 Å². The highest BCUT2D eigenvalue weighted by molar-refractivity contribution is 5.90. The summed E-state index contributed by atoms with van der Waals surface area (Å²) in [6, 6.07) is 5.91. The van der Waals surface area contributed by atoms with Crippen LogP contribution in [0.1, 0.15) is 26.2 Å². The van der Waals surface area contributed by atoms with Gasteiger partial charge in [0.25, 0.3) is 0 Å². The average Bonchev–Trinajstić information content (AvgIpc) is 2.54. The van der Waals surface area contributed by atoms with E-state index in [2.05, 4.69) is 22.3 Å². The number of ether oxygens (including phenoxy) is 1. The van der Waals surface area contributed by atoms with E-state index in [9.17, 15) is 18.0 Å². The van der Waals surface area contributed by atoms with Gasteiger partial charge in [0.05, 0.1) is 0 Å². The summed E-state index contributed by atoms with van der Waals surface area (Å²) in [6.45, 7) is 2.75. The fourth-order valence-corrected chi connectivity index (χ4v) is 2.88. The summed E-state index contributed by atoms with van der Waals surface area (Å²) in [5, 5.41) is 6.08. The van der Waals surface area contributed by atoms with Crippen LogP contribution in [0.25, 0.3) is 0 Å². The molecule has 0 aromatic heterocycles. The minimum Gasteiger partial charge on any atom is -0.484 e. The van der Waals surface area contributed by atoms with Gasteiger partial charge in [-0.3, -0.25) is 4.79 Å². The Hall–Kier alpha value is -1.47. The van der Waals surface area contributed by atoms with E-state index in [0.717, 1.165) is 25.9 Å². The fraction of sp³-hybridized carbons (Fsp3) is 0.588. The summed E-state index contributed by atoms with van der Waals surface area (Å²) >= 11 is 0. The van der Waals surface area contributed by atoms with Gasteiger partial charge >= 0.3 is 6.18 Å². The van der Waals surface area contributed by atoms with E-state index in [-0.39, 0.29) is 24.1 Å². The Labute approximate surface area is 151 Å². The van der Waals surface area contributed by atoms with Crippen molar-refractivity contribution in [3.05, 3.63) is 24.3 Å². The maximum absolute atomic E-state index is 12.1. The first-order valence-corrected chi connectivity index (χ1v) is 8.13. The number of benzene rings is 1. The molecule has 1 unspecified atom stereocenters. The molecule has 0 radical (unpaired) electrons. The fourth-order valence-electron chi connectivity index (χ4n) is 2.88. The average molecular weight is 381 g/mol. The summed E-state index contributed by atoms with van der Waals surface area (Å²) in [6.07, 6.45) is -1.76. The Morgan fingerprint density at radius 2 is 1.88 bits per heavy atom. The summed E-state index contributed by atoms with van der Waals surface area (Å²) in [4.78, 5) is 12.1. The SMILES string of the molecule is CC(CC(=O)Nc1ccc(OCC(F)(F)F)cc1)C1CCNCC1.Cl. The first-order valence-electron chi connectivity index (χ1n) is 8.13. The molecule has 0 aliphatic carbocycles. The van der Waals surface area contributed by atoms with Crippen molar-refractivity contribution in [2.24, 2.45) is 11.8 Å². The number of halogens is 4. The first-order chi connectivity index (χ1) is 11.3. The molecule has 1 fully saturated rings. The molecule has 0 spiro atoms. The van der Waals surface area contributed by atoms with Gasteiger partial charge in [-0.2, -0.15) is 13.2 Å². The van der Waals surface area contributed by atoms with Crippen LogP contribution < -0.4 is 15.4 Å². The Balaban J connectivity index is 0.00000312. The number of hydrogen-bond donors (Lipinski definition) is 2. The number of rotatable bonds is 6. The van der Waals surface area contributed by atoms with Gasteiger partial charge in [0.2, 0.25) is 5.91 Å². The number of amides is 1. The monoisotopic (exact) mass is 380 g/mol. The number of nitrogens with one attached hydrogen (secondary N) is 2. The van der Waals surface area contributed by atoms with Gasteiger partial charge in [0.15, 0.2) is 6.61 Å². The third-order valence-corrected chi connectivity index (χ3v) is 4.24. The maximum Gasteiger partial charge on any atom is 0.422 e. The second-order valence-electron chi connectivity index (χ2n) is 6.25. The second-order valence-corrected chi connectivity index (χ2v) is 6.25. The zero-order valence-electron chi connectivity index (χ0n) is 14.1. The van der Waals surface area contributed by atoms with Crippen LogP contribution in [0.2, 0.25) is 0 Å². The van der Waals surface area contributed by atoms with Gasteiger partial charge in [-0.25, -0.2) is 0 Å². The Bertz CT molecular complexity index is 532. The van der Waals surface area contributed by atoms with E-state index in [1.54, 1.807) is 12.1 Å². The lowest BCUT2D eigenvalue weighted by Gasteiger charge is -2.27. The third-order valence-electron chi connectivity index (χ3n) is 4.24. The van der Waals surface area contributed by atoms with Crippen molar-refractivity contribution in [2.75, 3.05) is 25.0 Å². The molecule has 2 N–H and O–H groups in total. The number of carbonyl (C=O) groups excluding carboxylic acids is 1. The standard InChI is InChI=1S/C17H23F3N2O2.ClH/c1-12(13-6-8-21-9-7-13)10-16(23)22-14-2-4-15(5-3-14)24-11-17(18,19)20;/h2-5,12-13,21H,6-11H2,1H3,(H,22,23);1H. The smallest absolute Gasteiger partial charge is 0.422 e. The zero-order chi connectivity index (χ0) is 17.6. The Kier molecular flexibility index (Phi) is 8.52. The normalized spacial score (nSPS) is 16.6. The van der Waals surface area contributed by atoms with Gasteiger partial charge < -0.3 is 15.4 Å². The number of anilines is 1. The van der Waals surface area contributed by atoms with E-state index < -0.39 is 12.8 Å². The molecule has 0 saturated carbocycles. The van der Waals surface area contributed by atoms with Crippen LogP contribution in [-0.4, -0.2) is 31.8 Å². The topological polar surface area (TPSA) is 50.4 Å². The predicted molar refractivity (Wildman–Crippen MR) is 93.2 cm³/mol. The molecule has 1 atom stereocenters. The highest BCUT2D eigenvalue weighted by atomic mass is 35.5. The van der Waals surface area contributed by atoms with E-state index in [1.165, 1.54) is 12.1 Å². The van der Waals surface area contributed by atoms with Crippen molar-refractivity contribution in [1.82, 2.24) is 5.32 Å². The number of hydrogen-bond acceptors (Lipinski definition) is 3. The largest absolute Gasteiger partial charge is 0.484 e. The van der Waals surface area contributed by atoms with E-state index in [1.807, 2.05) is 0 Å². The highest BCUT2D eigenvalue weighted by Gasteiger charge is 2.28. The number of carbonyl (C=O) groups is 1. The quantitative estimate of drug-likeness (QED) is 0.783. The maximum atomic E-state index is 12.1. The molecular weight excluding hydrogens is 357 g/mol. The van der Waals surface area contributed by atoms with Crippen LogP contribution in [-0.2, 0) is 4.79 Å². The minimum atomic E-state index is -4.36. The molecule has 1 saturated heterocycles. The van der Waals surface area contributed by atoms with E-state index >= 15 is 0 Å². The van der Waals surface area contributed by atoms with Crippen molar-refractivity contribution >= 4 is 24.0 Å². The van der Waals surface area contributed by atoms with Crippen LogP contribution >= 0.6 is 12.4 Å². The summed E-state index contributed by atoms with van der Waals surface area (Å²) < 4.78 is 40.9. The molecule has 8 heteroatoms. The first kappa shape index (κ1) is 21.6. The van der Waals surface area contributed by atoms with Crippen LogP contribution in [0.4, 0.5) is 18.9 Å². The Morgan fingerprint density at radius 3 is 2.44 bits per heavy atom. The molecule has 25 heavy (non-hydrogen) atoms. The molecule has 2 rings (SSSR count). The number of piperidine rings is 1. The molecule has 1 amide bonds. The van der Waals surface area contributed by atoms with Gasteiger partial charge in [-0.05, 0) is 62.0 Å². The van der Waals surface area contributed by atoms with Gasteiger partial charge in [-0.15, -0.1) is 12.4 Å². The van der Waals surface area contributed by atoms with Gasteiger partial charge in [-0.1, -0.05) is 6.92 Å². The minimum absolute atomic E-state index is 0. The van der Waals surface area contributed by atoms with Gasteiger partial charge in [0, 0.05) is 12.1 Å². The summed E-state index contributed by atoms with van der Waals surface area (Å²) in [7, 11) is 0. The highest BCUT2D eigenvalue weighted by Crippen LogP contribution is 2.25. The molecule has 142 valence electrons. The van der Waals surface area contributed by atoms with Crippen molar-refractivity contribution < 1.29 is 22.7 Å². The molecule has 1 aliphatic heterocycles. The molecule has 4 nitrogen and oxygen atoms in total. The van der Waals surface area contributed by atoms with E-state index in [4.69, 9.17) is 0 Å².